The lowest BCUT2D eigenvalue weighted by Gasteiger charge is -2.37. The summed E-state index contributed by atoms with van der Waals surface area (Å²) in [6.07, 6.45) is -13.8. The van der Waals surface area contributed by atoms with Crippen molar-refractivity contribution < 1.29 is 40.6 Å². The minimum absolute atomic E-state index is 0.200. The number of hydrogen-bond donors (Lipinski definition) is 0. The van der Waals surface area contributed by atoms with Gasteiger partial charge in [0.25, 0.3) is 0 Å². The van der Waals surface area contributed by atoms with Crippen LogP contribution in [0, 0.1) is 0 Å². The van der Waals surface area contributed by atoms with E-state index in [1.807, 2.05) is 0 Å². The Morgan fingerprint density at radius 2 is 1.52 bits per heavy atom. The van der Waals surface area contributed by atoms with Crippen molar-refractivity contribution in [3.8, 4) is 11.5 Å². The Labute approximate surface area is 128 Å². The molecule has 3 unspecified atom stereocenters. The molecule has 0 aromatic heterocycles. The Morgan fingerprint density at radius 3 is 2.04 bits per heavy atom. The molecule has 1 heterocycles. The van der Waals surface area contributed by atoms with Crippen molar-refractivity contribution in [2.45, 2.75) is 50.6 Å². The van der Waals surface area contributed by atoms with E-state index in [2.05, 4.69) is 4.74 Å². The lowest BCUT2D eigenvalue weighted by molar-refractivity contribution is -0.450. The molecule has 2 rings (SSSR count). The summed E-state index contributed by atoms with van der Waals surface area (Å²) >= 11 is 0. The lowest BCUT2D eigenvalue weighted by atomic mass is 9.95. The van der Waals surface area contributed by atoms with Gasteiger partial charge in [-0.15, -0.1) is 13.2 Å². The average molecular weight is 344 g/mol. The fourth-order valence-electron chi connectivity index (χ4n) is 2.14. The molecule has 0 spiro atoms. The first kappa shape index (κ1) is 17.7. The molecule has 0 N–H and O–H groups in total. The zero-order chi connectivity index (χ0) is 17.5. The summed E-state index contributed by atoms with van der Waals surface area (Å²) in [5.41, 5.74) is -3.61. The predicted octanol–water partition coefficient (Wildman–Crippen LogP) is 4.46. The van der Waals surface area contributed by atoms with Gasteiger partial charge in [-0.1, -0.05) is 12.1 Å². The van der Waals surface area contributed by atoms with Gasteiger partial charge in [0.15, 0.2) is 11.5 Å². The van der Waals surface area contributed by atoms with Gasteiger partial charge in [0.2, 0.25) is 5.67 Å². The highest BCUT2D eigenvalue weighted by Crippen LogP contribution is 2.43. The van der Waals surface area contributed by atoms with Crippen LogP contribution in [0.4, 0.5) is 26.3 Å². The van der Waals surface area contributed by atoms with Crippen LogP contribution in [0.3, 0.4) is 0 Å². The second-order valence-electron chi connectivity index (χ2n) is 5.39. The molecule has 9 heteroatoms. The van der Waals surface area contributed by atoms with Gasteiger partial charge in [0, 0.05) is 6.42 Å². The molecule has 130 valence electrons. The number of benzene rings is 1. The lowest BCUT2D eigenvalue weighted by Crippen LogP contribution is -2.52. The number of alkyl halides is 6. The van der Waals surface area contributed by atoms with Crippen molar-refractivity contribution in [1.82, 2.24) is 0 Å². The van der Waals surface area contributed by atoms with E-state index in [4.69, 9.17) is 9.47 Å². The number of rotatable bonds is 4. The van der Waals surface area contributed by atoms with Gasteiger partial charge in [0.1, 0.15) is 12.2 Å². The molecule has 0 saturated heterocycles. The van der Waals surface area contributed by atoms with Crippen LogP contribution in [0.25, 0.3) is 0 Å². The summed E-state index contributed by atoms with van der Waals surface area (Å²) in [6.45, 7) is 1.77. The van der Waals surface area contributed by atoms with Gasteiger partial charge in [-0.2, -0.15) is 8.78 Å². The van der Waals surface area contributed by atoms with Gasteiger partial charge >= 0.3 is 12.5 Å². The first-order valence-electron chi connectivity index (χ1n) is 6.67. The van der Waals surface area contributed by atoms with Crippen LogP contribution in [-0.2, 0) is 4.74 Å². The molecule has 0 aliphatic carbocycles. The van der Waals surface area contributed by atoms with Gasteiger partial charge < -0.3 is 9.47 Å². The van der Waals surface area contributed by atoms with E-state index in [0.717, 1.165) is 0 Å². The first-order valence-corrected chi connectivity index (χ1v) is 6.67. The third kappa shape index (κ3) is 4.01. The molecule has 3 nitrogen and oxygen atoms in total. The summed E-state index contributed by atoms with van der Waals surface area (Å²) in [5.74, 6) is 0.543. The number of hydrogen-bond acceptors (Lipinski definition) is 3. The highest BCUT2D eigenvalue weighted by atomic mass is 19.4. The van der Waals surface area contributed by atoms with Gasteiger partial charge in [0.05, 0.1) is 0 Å². The van der Waals surface area contributed by atoms with Crippen LogP contribution < -0.4 is 9.47 Å². The number of para-hydroxylation sites is 2. The Kier molecular flexibility index (Phi) is 4.44. The number of halogens is 6. The highest BCUT2D eigenvalue weighted by Gasteiger charge is 2.60. The Bertz CT molecular complexity index is 558. The second kappa shape index (κ2) is 5.77. The standard InChI is InChI=1S/C14H14F6O3/c1-8-11(22-10-6-4-3-5-9(10)21-8)7-12(2,15)13(16,17)23-14(18,19)20/h3-6,8,11H,7H2,1-2H3. The number of fused-ring (bicyclic) bond motifs is 1. The first-order chi connectivity index (χ1) is 10.4. The fourth-order valence-corrected chi connectivity index (χ4v) is 2.14. The normalized spacial score (nSPS) is 24.2. The minimum atomic E-state index is -5.67. The Balaban J connectivity index is 2.14. The van der Waals surface area contributed by atoms with Crippen LogP contribution in [0.1, 0.15) is 20.3 Å². The van der Waals surface area contributed by atoms with E-state index >= 15 is 0 Å². The summed E-state index contributed by atoms with van der Waals surface area (Å²) in [4.78, 5) is 0. The van der Waals surface area contributed by atoms with E-state index in [1.54, 1.807) is 18.2 Å². The van der Waals surface area contributed by atoms with Gasteiger partial charge in [-0.05, 0) is 26.0 Å². The monoisotopic (exact) mass is 344 g/mol. The molecular weight excluding hydrogens is 330 g/mol. The van der Waals surface area contributed by atoms with Crippen LogP contribution in [0.5, 0.6) is 11.5 Å². The summed E-state index contributed by atoms with van der Waals surface area (Å²) in [5, 5.41) is 0. The van der Waals surface area contributed by atoms with E-state index in [0.29, 0.717) is 12.7 Å². The van der Waals surface area contributed by atoms with Crippen molar-refractivity contribution in [1.29, 1.82) is 0 Å². The molecule has 0 amide bonds. The molecule has 23 heavy (non-hydrogen) atoms. The quantitative estimate of drug-likeness (QED) is 0.755. The summed E-state index contributed by atoms with van der Waals surface area (Å²) in [7, 11) is 0. The second-order valence-corrected chi connectivity index (χ2v) is 5.39. The minimum Gasteiger partial charge on any atom is -0.483 e. The van der Waals surface area contributed by atoms with Crippen molar-refractivity contribution >= 4 is 0 Å². The maximum atomic E-state index is 14.2. The Morgan fingerprint density at radius 1 is 1.00 bits per heavy atom. The smallest absolute Gasteiger partial charge is 0.483 e. The average Bonchev–Trinajstić information content (AvgIpc) is 2.36. The molecule has 1 aromatic carbocycles. The van der Waals surface area contributed by atoms with Crippen molar-refractivity contribution in [2.75, 3.05) is 0 Å². The third-order valence-corrected chi connectivity index (χ3v) is 3.40. The van der Waals surface area contributed by atoms with E-state index in [-0.39, 0.29) is 5.75 Å². The SMILES string of the molecule is CC1Oc2ccccc2OC1CC(C)(F)C(F)(F)OC(F)(F)F. The summed E-state index contributed by atoms with van der Waals surface area (Å²) in [6, 6.07) is 6.29. The highest BCUT2D eigenvalue weighted by molar-refractivity contribution is 5.41. The molecule has 0 fully saturated rings. The topological polar surface area (TPSA) is 27.7 Å². The van der Waals surface area contributed by atoms with E-state index in [1.165, 1.54) is 13.0 Å². The maximum absolute atomic E-state index is 14.2. The molecule has 0 bridgehead atoms. The van der Waals surface area contributed by atoms with Crippen LogP contribution in [0.15, 0.2) is 24.3 Å². The van der Waals surface area contributed by atoms with Crippen LogP contribution in [-0.4, -0.2) is 30.3 Å². The fraction of sp³-hybridized carbons (Fsp3) is 0.571. The van der Waals surface area contributed by atoms with Crippen molar-refractivity contribution in [3.63, 3.8) is 0 Å². The van der Waals surface area contributed by atoms with Gasteiger partial charge in [-0.3, -0.25) is 0 Å². The van der Waals surface area contributed by atoms with Crippen molar-refractivity contribution in [3.05, 3.63) is 24.3 Å². The van der Waals surface area contributed by atoms with E-state index < -0.39 is 36.8 Å². The third-order valence-electron chi connectivity index (χ3n) is 3.40. The largest absolute Gasteiger partial charge is 0.527 e. The Hall–Kier alpha value is -1.64. The number of ether oxygens (including phenoxy) is 3. The van der Waals surface area contributed by atoms with Crippen LogP contribution in [0.2, 0.25) is 0 Å². The molecule has 0 radical (unpaired) electrons. The molecule has 3 atom stereocenters. The molecule has 1 aliphatic rings. The summed E-state index contributed by atoms with van der Waals surface area (Å²) < 4.78 is 90.6. The molecule has 0 saturated carbocycles. The van der Waals surface area contributed by atoms with E-state index in [9.17, 15) is 26.3 Å². The maximum Gasteiger partial charge on any atom is 0.527 e. The molecular formula is C14H14F6O3. The van der Waals surface area contributed by atoms with Gasteiger partial charge in [-0.25, -0.2) is 9.13 Å². The van der Waals surface area contributed by atoms with Crippen molar-refractivity contribution in [2.24, 2.45) is 0 Å². The van der Waals surface area contributed by atoms with Crippen LogP contribution >= 0.6 is 0 Å². The zero-order valence-electron chi connectivity index (χ0n) is 12.2. The predicted molar refractivity (Wildman–Crippen MR) is 67.2 cm³/mol. The molecule has 1 aromatic rings. The molecule has 1 aliphatic heterocycles. The zero-order valence-corrected chi connectivity index (χ0v) is 12.2.